The zero-order valence-corrected chi connectivity index (χ0v) is 12.6. The molecule has 4 heteroatoms. The van der Waals surface area contributed by atoms with Gasteiger partial charge in [-0.2, -0.15) is 5.48 Å². The molecule has 1 aromatic rings. The zero-order chi connectivity index (χ0) is 14.8. The summed E-state index contributed by atoms with van der Waals surface area (Å²) >= 11 is 0. The highest BCUT2D eigenvalue weighted by molar-refractivity contribution is 5.66. The SMILES string of the molecule is CC(C)(C)OC(=O)NOCCCCCc1ccccc1. The van der Waals surface area contributed by atoms with E-state index in [1.54, 1.807) is 0 Å². The van der Waals surface area contributed by atoms with Gasteiger partial charge in [-0.25, -0.2) is 4.79 Å². The number of hydroxylamine groups is 1. The van der Waals surface area contributed by atoms with Gasteiger partial charge < -0.3 is 4.74 Å². The number of carbonyl (C=O) groups is 1. The number of benzene rings is 1. The van der Waals surface area contributed by atoms with Gasteiger partial charge in [0.2, 0.25) is 0 Å². The van der Waals surface area contributed by atoms with Crippen molar-refractivity contribution in [2.75, 3.05) is 6.61 Å². The van der Waals surface area contributed by atoms with E-state index in [4.69, 9.17) is 9.57 Å². The minimum absolute atomic E-state index is 0.497. The van der Waals surface area contributed by atoms with Crippen LogP contribution >= 0.6 is 0 Å². The normalized spacial score (nSPS) is 11.2. The summed E-state index contributed by atoms with van der Waals surface area (Å²) in [5.74, 6) is 0. The molecule has 0 saturated carbocycles. The largest absolute Gasteiger partial charge is 0.442 e. The Morgan fingerprint density at radius 2 is 1.80 bits per heavy atom. The summed E-state index contributed by atoms with van der Waals surface area (Å²) in [5, 5.41) is 0. The second kappa shape index (κ2) is 8.59. The van der Waals surface area contributed by atoms with Crippen molar-refractivity contribution in [3.8, 4) is 0 Å². The molecule has 0 unspecified atom stereocenters. The lowest BCUT2D eigenvalue weighted by molar-refractivity contribution is -0.00857. The van der Waals surface area contributed by atoms with Gasteiger partial charge >= 0.3 is 6.09 Å². The number of ether oxygens (including phenoxy) is 1. The Bertz CT molecular complexity index is 384. The average Bonchev–Trinajstić information content (AvgIpc) is 2.37. The van der Waals surface area contributed by atoms with Crippen molar-refractivity contribution in [3.05, 3.63) is 35.9 Å². The van der Waals surface area contributed by atoms with Crippen LogP contribution in [0.5, 0.6) is 0 Å². The second-order valence-corrected chi connectivity index (χ2v) is 5.75. The van der Waals surface area contributed by atoms with Gasteiger partial charge in [0.1, 0.15) is 5.60 Å². The summed E-state index contributed by atoms with van der Waals surface area (Å²) in [6.45, 7) is 5.95. The van der Waals surface area contributed by atoms with E-state index in [0.29, 0.717) is 6.61 Å². The third kappa shape index (κ3) is 8.53. The Balaban J connectivity index is 1.96. The first-order valence-electron chi connectivity index (χ1n) is 7.12. The molecule has 0 atom stereocenters. The predicted octanol–water partition coefficient (Wildman–Crippen LogP) is 3.86. The van der Waals surface area contributed by atoms with Crippen molar-refractivity contribution in [3.63, 3.8) is 0 Å². The highest BCUT2D eigenvalue weighted by Crippen LogP contribution is 2.07. The van der Waals surface area contributed by atoms with Gasteiger partial charge in [0.25, 0.3) is 0 Å². The van der Waals surface area contributed by atoms with Crippen LogP contribution in [-0.2, 0) is 16.0 Å². The van der Waals surface area contributed by atoms with Crippen LogP contribution in [0.2, 0.25) is 0 Å². The average molecular weight is 279 g/mol. The summed E-state index contributed by atoms with van der Waals surface area (Å²) in [6, 6.07) is 10.4. The van der Waals surface area contributed by atoms with Crippen LogP contribution in [0.3, 0.4) is 0 Å². The number of amides is 1. The van der Waals surface area contributed by atoms with Crippen molar-refractivity contribution in [1.82, 2.24) is 5.48 Å². The molecule has 1 N–H and O–H groups in total. The van der Waals surface area contributed by atoms with Crippen LogP contribution in [0, 0.1) is 0 Å². The number of hydrogen-bond acceptors (Lipinski definition) is 3. The van der Waals surface area contributed by atoms with Crippen LogP contribution in [0.15, 0.2) is 30.3 Å². The van der Waals surface area contributed by atoms with Gasteiger partial charge in [-0.05, 0) is 45.6 Å². The number of carbonyl (C=O) groups excluding carboxylic acids is 1. The van der Waals surface area contributed by atoms with Crippen LogP contribution in [0.25, 0.3) is 0 Å². The molecule has 0 saturated heterocycles. The minimum atomic E-state index is -0.540. The summed E-state index contributed by atoms with van der Waals surface area (Å²) in [4.78, 5) is 16.3. The molecule has 0 aliphatic carbocycles. The van der Waals surface area contributed by atoms with E-state index in [1.807, 2.05) is 26.8 Å². The quantitative estimate of drug-likeness (QED) is 0.609. The van der Waals surface area contributed by atoms with E-state index in [0.717, 1.165) is 25.7 Å². The third-order valence-corrected chi connectivity index (χ3v) is 2.61. The molecule has 0 heterocycles. The number of nitrogens with one attached hydrogen (secondary N) is 1. The maximum atomic E-state index is 11.3. The molecule has 1 aromatic carbocycles. The fraction of sp³-hybridized carbons (Fsp3) is 0.562. The summed E-state index contributed by atoms with van der Waals surface area (Å²) in [6.07, 6.45) is 3.66. The minimum Gasteiger partial charge on any atom is -0.442 e. The number of rotatable bonds is 7. The fourth-order valence-corrected chi connectivity index (χ4v) is 1.73. The molecule has 4 nitrogen and oxygen atoms in total. The first-order valence-corrected chi connectivity index (χ1v) is 7.12. The molecule has 112 valence electrons. The molecule has 0 spiro atoms. The molecule has 0 fully saturated rings. The van der Waals surface area contributed by atoms with Gasteiger partial charge in [0.05, 0.1) is 6.61 Å². The van der Waals surface area contributed by atoms with E-state index >= 15 is 0 Å². The molecule has 20 heavy (non-hydrogen) atoms. The summed E-state index contributed by atoms with van der Waals surface area (Å²) in [5.41, 5.74) is 3.15. The van der Waals surface area contributed by atoms with E-state index < -0.39 is 11.7 Å². The van der Waals surface area contributed by atoms with Gasteiger partial charge in [-0.3, -0.25) is 4.84 Å². The molecular weight excluding hydrogens is 254 g/mol. The maximum Gasteiger partial charge on any atom is 0.431 e. The first kappa shape index (κ1) is 16.5. The highest BCUT2D eigenvalue weighted by Gasteiger charge is 2.15. The molecule has 0 aliphatic heterocycles. The van der Waals surface area contributed by atoms with Crippen LogP contribution in [0.4, 0.5) is 4.79 Å². The molecule has 1 rings (SSSR count). The van der Waals surface area contributed by atoms with E-state index in [-0.39, 0.29) is 0 Å². The van der Waals surface area contributed by atoms with Crippen molar-refractivity contribution >= 4 is 6.09 Å². The number of hydrogen-bond donors (Lipinski definition) is 1. The molecule has 1 amide bonds. The van der Waals surface area contributed by atoms with Crippen molar-refractivity contribution in [1.29, 1.82) is 0 Å². The predicted molar refractivity (Wildman–Crippen MR) is 79.3 cm³/mol. The topological polar surface area (TPSA) is 47.6 Å². The van der Waals surface area contributed by atoms with E-state index in [1.165, 1.54) is 5.56 Å². The molecule has 0 bridgehead atoms. The lowest BCUT2D eigenvalue weighted by atomic mass is 10.1. The fourth-order valence-electron chi connectivity index (χ4n) is 1.73. The Labute approximate surface area is 121 Å². The standard InChI is InChI=1S/C16H25NO3/c1-16(2,3)20-15(18)17-19-13-9-5-8-12-14-10-6-4-7-11-14/h4,6-7,10-11H,5,8-9,12-13H2,1-3H3,(H,17,18). The van der Waals surface area contributed by atoms with E-state index in [9.17, 15) is 4.79 Å². The van der Waals surface area contributed by atoms with Gasteiger partial charge in [-0.15, -0.1) is 0 Å². The number of unbranched alkanes of at least 4 members (excludes halogenated alkanes) is 2. The summed E-state index contributed by atoms with van der Waals surface area (Å²) in [7, 11) is 0. The van der Waals surface area contributed by atoms with Crippen molar-refractivity contribution < 1.29 is 14.4 Å². The zero-order valence-electron chi connectivity index (χ0n) is 12.6. The van der Waals surface area contributed by atoms with Crippen LogP contribution < -0.4 is 5.48 Å². The Kier molecular flexibility index (Phi) is 7.09. The molecule has 0 aliphatic rings. The molecular formula is C16H25NO3. The van der Waals surface area contributed by atoms with Crippen LogP contribution in [0.1, 0.15) is 45.6 Å². The van der Waals surface area contributed by atoms with Gasteiger partial charge in [0.15, 0.2) is 0 Å². The monoisotopic (exact) mass is 279 g/mol. The van der Waals surface area contributed by atoms with Crippen molar-refractivity contribution in [2.45, 2.75) is 52.1 Å². The van der Waals surface area contributed by atoms with Gasteiger partial charge in [0, 0.05) is 0 Å². The van der Waals surface area contributed by atoms with Crippen molar-refractivity contribution in [2.24, 2.45) is 0 Å². The third-order valence-electron chi connectivity index (χ3n) is 2.61. The maximum absolute atomic E-state index is 11.3. The lowest BCUT2D eigenvalue weighted by Gasteiger charge is -2.19. The van der Waals surface area contributed by atoms with Crippen LogP contribution in [-0.4, -0.2) is 18.3 Å². The first-order chi connectivity index (χ1) is 9.47. The summed E-state index contributed by atoms with van der Waals surface area (Å²) < 4.78 is 5.05. The van der Waals surface area contributed by atoms with E-state index in [2.05, 4.69) is 29.7 Å². The molecule has 0 radical (unpaired) electrons. The lowest BCUT2D eigenvalue weighted by Crippen LogP contribution is -2.32. The van der Waals surface area contributed by atoms with Gasteiger partial charge in [-0.1, -0.05) is 36.8 Å². The Morgan fingerprint density at radius 1 is 1.10 bits per heavy atom. The number of aryl methyl sites for hydroxylation is 1. The second-order valence-electron chi connectivity index (χ2n) is 5.75. The smallest absolute Gasteiger partial charge is 0.431 e. The Hall–Kier alpha value is -1.55. The Morgan fingerprint density at radius 3 is 2.45 bits per heavy atom. The molecule has 0 aromatic heterocycles. The highest BCUT2D eigenvalue weighted by atomic mass is 16.7.